The Morgan fingerprint density at radius 1 is 1.39 bits per heavy atom. The largest absolute Gasteiger partial charge is 0.501 e. The number of rotatable bonds is 5. The van der Waals surface area contributed by atoms with Crippen LogP contribution < -0.4 is 0 Å². The summed E-state index contributed by atoms with van der Waals surface area (Å²) in [5, 5.41) is 10.9. The van der Waals surface area contributed by atoms with Crippen LogP contribution in [0.4, 0.5) is 0 Å². The van der Waals surface area contributed by atoms with Crippen LogP contribution in [0, 0.1) is 5.92 Å². The number of allylic oxidation sites excluding steroid dienone is 1. The highest BCUT2D eigenvalue weighted by atomic mass is 16.5. The minimum absolute atomic E-state index is 0.804. The van der Waals surface area contributed by atoms with Gasteiger partial charge in [-0.05, 0) is 50.5 Å². The van der Waals surface area contributed by atoms with E-state index in [9.17, 15) is 0 Å². The normalized spacial score (nSPS) is 21.6. The summed E-state index contributed by atoms with van der Waals surface area (Å²) in [6.07, 6.45) is 15.0. The summed E-state index contributed by atoms with van der Waals surface area (Å²) in [7, 11) is 0. The summed E-state index contributed by atoms with van der Waals surface area (Å²) < 4.78 is 5.23. The first-order chi connectivity index (χ1) is 8.88. The molecule has 18 heavy (non-hydrogen) atoms. The van der Waals surface area contributed by atoms with E-state index < -0.39 is 0 Å². The smallest absolute Gasteiger partial charge is 0.0939 e. The number of fused-ring (bicyclic) bond motifs is 1. The molecule has 1 fully saturated rings. The first-order valence-corrected chi connectivity index (χ1v) is 6.95. The summed E-state index contributed by atoms with van der Waals surface area (Å²) >= 11 is 0. The van der Waals surface area contributed by atoms with Crippen LogP contribution >= 0.6 is 0 Å². The molecule has 2 aliphatic rings. The second-order valence-corrected chi connectivity index (χ2v) is 4.84. The van der Waals surface area contributed by atoms with E-state index in [0.717, 1.165) is 38.2 Å². The van der Waals surface area contributed by atoms with Crippen LogP contribution in [0.15, 0.2) is 29.6 Å². The van der Waals surface area contributed by atoms with E-state index >= 15 is 0 Å². The Kier molecular flexibility index (Phi) is 8.02. The van der Waals surface area contributed by atoms with Crippen molar-refractivity contribution in [1.29, 1.82) is 0 Å². The Balaban J connectivity index is 0.000000180. The van der Waals surface area contributed by atoms with Crippen LogP contribution in [0.25, 0.3) is 0 Å². The van der Waals surface area contributed by atoms with Gasteiger partial charge in [-0.3, -0.25) is 0 Å². The standard InChI is InChI=1S/C8H12O.C7H13NO/c1-2-4-8-6-9-5-7(8)3-1;1-2-3-4-5-6-7-8-9/h5,8H,1-4,6H2;2,7,9H,1,3-6H2/b;8-7+. The Labute approximate surface area is 110 Å². The minimum atomic E-state index is 0.804. The molecule has 1 aliphatic heterocycles. The number of oxime groups is 1. The zero-order chi connectivity index (χ0) is 13.1. The molecular weight excluding hydrogens is 226 g/mol. The Morgan fingerprint density at radius 3 is 2.94 bits per heavy atom. The molecule has 3 heteroatoms. The van der Waals surface area contributed by atoms with Gasteiger partial charge in [0, 0.05) is 12.1 Å². The molecule has 0 aromatic heterocycles. The van der Waals surface area contributed by atoms with E-state index in [2.05, 4.69) is 11.7 Å². The van der Waals surface area contributed by atoms with Gasteiger partial charge in [-0.1, -0.05) is 12.5 Å². The van der Waals surface area contributed by atoms with Crippen LogP contribution in [0.1, 0.15) is 51.4 Å². The van der Waals surface area contributed by atoms with Gasteiger partial charge in [0.05, 0.1) is 12.9 Å². The van der Waals surface area contributed by atoms with Crippen molar-refractivity contribution in [3.05, 3.63) is 24.5 Å². The fourth-order valence-electron chi connectivity index (χ4n) is 2.31. The molecule has 1 aliphatic carbocycles. The van der Waals surface area contributed by atoms with Gasteiger partial charge in [0.2, 0.25) is 0 Å². The molecule has 1 unspecified atom stereocenters. The molecule has 3 nitrogen and oxygen atoms in total. The van der Waals surface area contributed by atoms with Gasteiger partial charge in [0.1, 0.15) is 0 Å². The van der Waals surface area contributed by atoms with Gasteiger partial charge in [0.15, 0.2) is 0 Å². The minimum Gasteiger partial charge on any atom is -0.501 e. The molecule has 1 saturated carbocycles. The maximum Gasteiger partial charge on any atom is 0.0939 e. The Morgan fingerprint density at radius 2 is 2.22 bits per heavy atom. The molecule has 0 aromatic rings. The van der Waals surface area contributed by atoms with Crippen LogP contribution in [-0.4, -0.2) is 18.0 Å². The lowest BCUT2D eigenvalue weighted by Gasteiger charge is -2.17. The molecule has 1 N–H and O–H groups in total. The van der Waals surface area contributed by atoms with Gasteiger partial charge in [-0.25, -0.2) is 0 Å². The van der Waals surface area contributed by atoms with Crippen molar-refractivity contribution in [2.45, 2.75) is 51.4 Å². The maximum atomic E-state index is 7.97. The van der Waals surface area contributed by atoms with Gasteiger partial charge in [-0.2, -0.15) is 0 Å². The predicted octanol–water partition coefficient (Wildman–Crippen LogP) is 4.28. The van der Waals surface area contributed by atoms with Crippen molar-refractivity contribution < 1.29 is 9.94 Å². The van der Waals surface area contributed by atoms with Crippen LogP contribution in [0.2, 0.25) is 0 Å². The van der Waals surface area contributed by atoms with E-state index in [1.165, 1.54) is 31.9 Å². The molecule has 102 valence electrons. The second kappa shape index (κ2) is 9.75. The first-order valence-electron chi connectivity index (χ1n) is 6.95. The zero-order valence-corrected chi connectivity index (χ0v) is 11.2. The molecular formula is C15H25NO2. The van der Waals surface area contributed by atoms with Crippen LogP contribution in [0.3, 0.4) is 0 Å². The highest BCUT2D eigenvalue weighted by molar-refractivity contribution is 5.55. The number of ether oxygens (including phenoxy) is 1. The molecule has 1 atom stereocenters. The maximum absolute atomic E-state index is 7.97. The van der Waals surface area contributed by atoms with E-state index in [0.29, 0.717) is 0 Å². The number of hydrogen-bond acceptors (Lipinski definition) is 3. The van der Waals surface area contributed by atoms with E-state index in [1.807, 2.05) is 12.3 Å². The highest BCUT2D eigenvalue weighted by Gasteiger charge is 2.22. The third-order valence-electron chi connectivity index (χ3n) is 3.40. The van der Waals surface area contributed by atoms with Crippen molar-refractivity contribution in [3.8, 4) is 0 Å². The first kappa shape index (κ1) is 14.8. The monoisotopic (exact) mass is 251 g/mol. The SMILES string of the molecule is C1=C2CCCCC2CO1.C=CCCCC/C=N/O. The predicted molar refractivity (Wildman–Crippen MR) is 74.9 cm³/mol. The van der Waals surface area contributed by atoms with Crippen LogP contribution in [0.5, 0.6) is 0 Å². The summed E-state index contributed by atoms with van der Waals surface area (Å²) in [6.45, 7) is 4.56. The fourth-order valence-corrected chi connectivity index (χ4v) is 2.31. The third kappa shape index (κ3) is 5.89. The summed E-state index contributed by atoms with van der Waals surface area (Å²) in [6, 6.07) is 0. The molecule has 0 bridgehead atoms. The molecule has 0 spiro atoms. The van der Waals surface area contributed by atoms with Gasteiger partial charge in [-0.15, -0.1) is 11.7 Å². The van der Waals surface area contributed by atoms with Gasteiger partial charge < -0.3 is 9.94 Å². The summed E-state index contributed by atoms with van der Waals surface area (Å²) in [5.74, 6) is 0.804. The van der Waals surface area contributed by atoms with Crippen molar-refractivity contribution in [2.24, 2.45) is 11.1 Å². The number of unbranched alkanes of at least 4 members (excludes halogenated alkanes) is 3. The van der Waals surface area contributed by atoms with Crippen molar-refractivity contribution in [1.82, 2.24) is 0 Å². The van der Waals surface area contributed by atoms with Crippen LogP contribution in [-0.2, 0) is 4.74 Å². The Bertz CT molecular complexity index is 284. The molecule has 0 radical (unpaired) electrons. The summed E-state index contributed by atoms with van der Waals surface area (Å²) in [4.78, 5) is 0. The van der Waals surface area contributed by atoms with Gasteiger partial charge >= 0.3 is 0 Å². The lowest BCUT2D eigenvalue weighted by atomic mass is 9.87. The van der Waals surface area contributed by atoms with Crippen molar-refractivity contribution >= 4 is 6.21 Å². The average Bonchev–Trinajstić information content (AvgIpc) is 2.88. The zero-order valence-electron chi connectivity index (χ0n) is 11.2. The number of hydrogen-bond donors (Lipinski definition) is 1. The lowest BCUT2D eigenvalue weighted by Crippen LogP contribution is -2.08. The molecule has 0 aromatic carbocycles. The average molecular weight is 251 g/mol. The van der Waals surface area contributed by atoms with Crippen molar-refractivity contribution in [2.75, 3.05) is 6.61 Å². The van der Waals surface area contributed by atoms with Crippen molar-refractivity contribution in [3.63, 3.8) is 0 Å². The fraction of sp³-hybridized carbons (Fsp3) is 0.667. The van der Waals surface area contributed by atoms with E-state index in [-0.39, 0.29) is 0 Å². The Hall–Kier alpha value is -1.25. The highest BCUT2D eigenvalue weighted by Crippen LogP contribution is 2.32. The topological polar surface area (TPSA) is 41.8 Å². The second-order valence-electron chi connectivity index (χ2n) is 4.84. The number of nitrogens with zero attached hydrogens (tertiary/aromatic N) is 1. The molecule has 2 rings (SSSR count). The van der Waals surface area contributed by atoms with E-state index in [4.69, 9.17) is 9.94 Å². The third-order valence-corrected chi connectivity index (χ3v) is 3.40. The molecule has 1 heterocycles. The molecule has 0 amide bonds. The van der Waals surface area contributed by atoms with Gasteiger partial charge in [0.25, 0.3) is 0 Å². The quantitative estimate of drug-likeness (QED) is 0.260. The molecule has 0 saturated heterocycles. The summed E-state index contributed by atoms with van der Waals surface area (Å²) in [5.41, 5.74) is 1.57. The van der Waals surface area contributed by atoms with E-state index in [1.54, 1.807) is 5.57 Å². The lowest BCUT2D eigenvalue weighted by molar-refractivity contribution is 0.238.